The average Bonchev–Trinajstić information content (AvgIpc) is 3.19. The molecule has 1 atom stereocenters. The lowest BCUT2D eigenvalue weighted by molar-refractivity contribution is -0.117. The van der Waals surface area contributed by atoms with E-state index in [0.717, 1.165) is 22.5 Å². The summed E-state index contributed by atoms with van der Waals surface area (Å²) in [5.41, 5.74) is 1.76. The Kier molecular flexibility index (Phi) is 6.73. The van der Waals surface area contributed by atoms with E-state index in [0.29, 0.717) is 6.42 Å². The van der Waals surface area contributed by atoms with Crippen molar-refractivity contribution >= 4 is 32.4 Å². The van der Waals surface area contributed by atoms with Gasteiger partial charge < -0.3 is 0 Å². The van der Waals surface area contributed by atoms with Crippen LogP contribution in [-0.4, -0.2) is 35.9 Å². The summed E-state index contributed by atoms with van der Waals surface area (Å²) in [6, 6.07) is 18.7. The molecule has 0 bridgehead atoms. The van der Waals surface area contributed by atoms with Gasteiger partial charge in [-0.1, -0.05) is 78.9 Å². The van der Waals surface area contributed by atoms with Crippen LogP contribution in [0.15, 0.2) is 65.0 Å². The maximum Gasteiger partial charge on any atom is 0.272 e. The lowest BCUT2D eigenvalue weighted by Gasteiger charge is -2.15. The second-order valence-corrected chi connectivity index (χ2v) is 9.68. The van der Waals surface area contributed by atoms with E-state index in [1.54, 1.807) is 0 Å². The molecule has 152 valence electrons. The van der Waals surface area contributed by atoms with Crippen molar-refractivity contribution in [1.82, 2.24) is 14.5 Å². The number of sulfonamides is 1. The zero-order valence-electron chi connectivity index (χ0n) is 16.1. The van der Waals surface area contributed by atoms with E-state index >= 15 is 0 Å². The van der Waals surface area contributed by atoms with E-state index in [1.165, 1.54) is 11.4 Å². The van der Waals surface area contributed by atoms with Crippen molar-refractivity contribution in [3.63, 3.8) is 0 Å². The summed E-state index contributed by atoms with van der Waals surface area (Å²) < 4.78 is 26.6. The maximum absolute atomic E-state index is 12.8. The molecular weight excluding hydrogens is 408 g/mol. The van der Waals surface area contributed by atoms with E-state index in [4.69, 9.17) is 0 Å². The normalized spacial score (nSPS) is 12.7. The smallest absolute Gasteiger partial charge is 0.272 e. The van der Waals surface area contributed by atoms with Gasteiger partial charge in [0.25, 0.3) is 10.0 Å². The Morgan fingerprint density at radius 2 is 1.69 bits per heavy atom. The summed E-state index contributed by atoms with van der Waals surface area (Å²) in [5, 5.41) is 10.5. The van der Waals surface area contributed by atoms with Gasteiger partial charge in [0.05, 0.1) is 5.92 Å². The van der Waals surface area contributed by atoms with Crippen LogP contribution in [0.4, 0.5) is 5.13 Å². The van der Waals surface area contributed by atoms with E-state index in [-0.39, 0.29) is 27.8 Å². The number of amides is 1. The van der Waals surface area contributed by atoms with Crippen LogP contribution in [0.1, 0.15) is 30.4 Å². The van der Waals surface area contributed by atoms with Crippen molar-refractivity contribution in [1.29, 1.82) is 0 Å². The minimum absolute atomic E-state index is 0.154. The van der Waals surface area contributed by atoms with E-state index in [9.17, 15) is 13.2 Å². The van der Waals surface area contributed by atoms with Gasteiger partial charge in [-0.25, -0.2) is 8.42 Å². The number of nitrogens with zero attached hydrogens (tertiary/aromatic N) is 3. The van der Waals surface area contributed by atoms with Crippen molar-refractivity contribution in [2.75, 3.05) is 12.4 Å². The Bertz CT molecular complexity index is 1050. The standard InChI is InChI=1S/C20H22N4O3S2/c1-3-17(16-12-8-5-9-13-16)18(25)21-19-22-23-20(28-19)29(26,27)24(2)14-15-10-6-4-7-11-15/h4-13,17H,3,14H2,1-2H3,(H,21,22,25)/t17-/m0/s1. The fourth-order valence-corrected chi connectivity index (χ4v) is 5.12. The summed E-state index contributed by atoms with van der Waals surface area (Å²) >= 11 is 0.846. The molecule has 3 aromatic rings. The monoisotopic (exact) mass is 430 g/mol. The molecule has 1 heterocycles. The second-order valence-electron chi connectivity index (χ2n) is 6.48. The number of rotatable bonds is 8. The molecule has 0 fully saturated rings. The number of hydrogen-bond acceptors (Lipinski definition) is 6. The first-order valence-electron chi connectivity index (χ1n) is 9.11. The van der Waals surface area contributed by atoms with Crippen LogP contribution in [0, 0.1) is 0 Å². The molecule has 0 saturated heterocycles. The highest BCUT2D eigenvalue weighted by Gasteiger charge is 2.27. The minimum atomic E-state index is -3.80. The van der Waals surface area contributed by atoms with Gasteiger partial charge in [-0.2, -0.15) is 4.31 Å². The molecule has 0 aliphatic heterocycles. The number of anilines is 1. The molecule has 0 spiro atoms. The number of carbonyl (C=O) groups is 1. The third kappa shape index (κ3) is 5.06. The summed E-state index contributed by atoms with van der Waals surface area (Å²) in [5.74, 6) is -0.586. The van der Waals surface area contributed by atoms with E-state index in [1.807, 2.05) is 67.6 Å². The van der Waals surface area contributed by atoms with Crippen molar-refractivity contribution in [3.8, 4) is 0 Å². The Labute approximate surface area is 174 Å². The second kappa shape index (κ2) is 9.25. The number of hydrogen-bond donors (Lipinski definition) is 1. The van der Waals surface area contributed by atoms with Crippen LogP contribution in [0.3, 0.4) is 0 Å². The number of nitrogens with one attached hydrogen (secondary N) is 1. The van der Waals surface area contributed by atoms with Crippen LogP contribution >= 0.6 is 11.3 Å². The van der Waals surface area contributed by atoms with Crippen LogP contribution in [0.5, 0.6) is 0 Å². The van der Waals surface area contributed by atoms with Crippen LogP contribution in [-0.2, 0) is 21.4 Å². The summed E-state index contributed by atoms with van der Waals surface area (Å²) in [6.45, 7) is 2.14. The van der Waals surface area contributed by atoms with Crippen molar-refractivity contribution in [2.24, 2.45) is 0 Å². The third-order valence-corrected chi connectivity index (χ3v) is 7.43. The molecule has 0 unspecified atom stereocenters. The average molecular weight is 431 g/mol. The zero-order chi connectivity index (χ0) is 20.9. The topological polar surface area (TPSA) is 92.3 Å². The molecule has 0 radical (unpaired) electrons. The predicted octanol–water partition coefficient (Wildman–Crippen LogP) is 3.49. The van der Waals surface area contributed by atoms with Crippen molar-refractivity contribution in [2.45, 2.75) is 30.1 Å². The Morgan fingerprint density at radius 3 is 2.31 bits per heavy atom. The lowest BCUT2D eigenvalue weighted by Crippen LogP contribution is -2.26. The first-order valence-corrected chi connectivity index (χ1v) is 11.4. The van der Waals surface area contributed by atoms with Crippen molar-refractivity contribution < 1.29 is 13.2 Å². The maximum atomic E-state index is 12.8. The molecule has 0 saturated carbocycles. The highest BCUT2D eigenvalue weighted by atomic mass is 32.2. The first kappa shape index (κ1) is 21.1. The van der Waals surface area contributed by atoms with Gasteiger partial charge in [0.1, 0.15) is 0 Å². The van der Waals surface area contributed by atoms with Gasteiger partial charge in [-0.15, -0.1) is 10.2 Å². The fourth-order valence-electron chi connectivity index (χ4n) is 2.87. The third-order valence-electron chi connectivity index (χ3n) is 4.44. The molecule has 1 amide bonds. The van der Waals surface area contributed by atoms with Crippen LogP contribution in [0.2, 0.25) is 0 Å². The molecular formula is C20H22N4O3S2. The van der Waals surface area contributed by atoms with Gasteiger partial charge in [0, 0.05) is 13.6 Å². The molecule has 7 nitrogen and oxygen atoms in total. The highest BCUT2D eigenvalue weighted by molar-refractivity contribution is 7.91. The quantitative estimate of drug-likeness (QED) is 0.552. The van der Waals surface area contributed by atoms with Crippen LogP contribution in [0.25, 0.3) is 0 Å². The molecule has 29 heavy (non-hydrogen) atoms. The molecule has 1 aromatic heterocycles. The van der Waals surface area contributed by atoms with Gasteiger partial charge in [-0.3, -0.25) is 10.1 Å². The predicted molar refractivity (Wildman–Crippen MR) is 113 cm³/mol. The summed E-state index contributed by atoms with van der Waals surface area (Å²) in [6.07, 6.45) is 0.611. The Balaban J connectivity index is 1.71. The number of aromatic nitrogens is 2. The van der Waals surface area contributed by atoms with Crippen LogP contribution < -0.4 is 5.32 Å². The van der Waals surface area contributed by atoms with Gasteiger partial charge in [-0.05, 0) is 17.5 Å². The zero-order valence-corrected chi connectivity index (χ0v) is 17.8. The van der Waals surface area contributed by atoms with Gasteiger partial charge >= 0.3 is 0 Å². The fraction of sp³-hybridized carbons (Fsp3) is 0.250. The molecule has 3 rings (SSSR count). The number of carbonyl (C=O) groups excluding carboxylic acids is 1. The lowest BCUT2D eigenvalue weighted by atomic mass is 9.96. The SMILES string of the molecule is CC[C@H](C(=O)Nc1nnc(S(=O)(=O)N(C)Cc2ccccc2)s1)c1ccccc1. The number of benzene rings is 2. The first-order chi connectivity index (χ1) is 13.9. The van der Waals surface area contributed by atoms with E-state index < -0.39 is 10.0 Å². The van der Waals surface area contributed by atoms with E-state index in [2.05, 4.69) is 15.5 Å². The molecule has 0 aliphatic rings. The molecule has 9 heteroatoms. The van der Waals surface area contributed by atoms with Crippen molar-refractivity contribution in [3.05, 3.63) is 71.8 Å². The largest absolute Gasteiger partial charge is 0.300 e. The molecule has 0 aliphatic carbocycles. The Morgan fingerprint density at radius 1 is 1.07 bits per heavy atom. The summed E-state index contributed by atoms with van der Waals surface area (Å²) in [7, 11) is -2.31. The minimum Gasteiger partial charge on any atom is -0.300 e. The summed E-state index contributed by atoms with van der Waals surface area (Å²) in [4.78, 5) is 12.6. The molecule has 1 N–H and O–H groups in total. The van der Waals surface area contributed by atoms with Gasteiger partial charge in [0.15, 0.2) is 0 Å². The molecule has 2 aromatic carbocycles. The van der Waals surface area contributed by atoms with Gasteiger partial charge in [0.2, 0.25) is 15.4 Å². The Hall–Kier alpha value is -2.62. The highest BCUT2D eigenvalue weighted by Crippen LogP contribution is 2.26.